The summed E-state index contributed by atoms with van der Waals surface area (Å²) in [6.45, 7) is 6.26. The predicted molar refractivity (Wildman–Crippen MR) is 92.2 cm³/mol. The number of carbonyl (C=O) groups is 1. The summed E-state index contributed by atoms with van der Waals surface area (Å²) in [5, 5.41) is 0. The molecule has 1 fully saturated rings. The van der Waals surface area contributed by atoms with Gasteiger partial charge in [0.25, 0.3) is 5.91 Å². The molecule has 0 spiro atoms. The first-order chi connectivity index (χ1) is 12.1. The van der Waals surface area contributed by atoms with Gasteiger partial charge in [-0.25, -0.2) is 9.97 Å². The highest BCUT2D eigenvalue weighted by molar-refractivity contribution is 5.98. The van der Waals surface area contributed by atoms with Crippen molar-refractivity contribution >= 4 is 5.91 Å². The summed E-state index contributed by atoms with van der Waals surface area (Å²) < 4.78 is 11.3. The third-order valence-corrected chi connectivity index (χ3v) is 4.64. The molecule has 1 amide bonds. The molecule has 25 heavy (non-hydrogen) atoms. The number of fused-ring (bicyclic) bond motifs is 1. The fourth-order valence-corrected chi connectivity index (χ4v) is 3.50. The molecule has 1 saturated heterocycles. The highest BCUT2D eigenvalue weighted by Crippen LogP contribution is 2.35. The third kappa shape index (κ3) is 3.04. The van der Waals surface area contributed by atoms with E-state index in [1.807, 2.05) is 36.9 Å². The molecule has 0 unspecified atom stereocenters. The second kappa shape index (κ2) is 6.35. The zero-order chi connectivity index (χ0) is 17.4. The second-order valence-corrected chi connectivity index (χ2v) is 6.58. The average molecular weight is 339 g/mol. The first kappa shape index (κ1) is 15.9. The molecule has 2 aliphatic heterocycles. The number of hydrogen-bond acceptors (Lipinski definition) is 5. The smallest absolute Gasteiger partial charge is 0.257 e. The van der Waals surface area contributed by atoms with Crippen molar-refractivity contribution in [2.75, 3.05) is 26.3 Å². The van der Waals surface area contributed by atoms with Crippen molar-refractivity contribution in [3.05, 3.63) is 47.0 Å². The van der Waals surface area contributed by atoms with E-state index in [9.17, 15) is 4.79 Å². The molecular weight excluding hydrogens is 318 g/mol. The maximum absolute atomic E-state index is 13.0. The molecule has 1 aromatic carbocycles. The van der Waals surface area contributed by atoms with Crippen molar-refractivity contribution in [1.29, 1.82) is 0 Å². The van der Waals surface area contributed by atoms with E-state index in [1.165, 1.54) is 0 Å². The minimum absolute atomic E-state index is 0.0192. The normalized spacial score (nSPS) is 19.1. The fraction of sp³-hybridized carbons (Fsp3) is 0.421. The van der Waals surface area contributed by atoms with Crippen LogP contribution in [0.1, 0.15) is 39.9 Å². The van der Waals surface area contributed by atoms with Crippen LogP contribution >= 0.6 is 0 Å². The number of benzene rings is 1. The lowest BCUT2D eigenvalue weighted by atomic mass is 10.1. The standard InChI is InChI=1S/C19H21N3O3/c1-12-10-13(2)21-18(20-12)14-6-7-22(11-14)19(23)15-4-3-5-16-17(15)25-9-8-24-16/h3-5,10,14H,6-9,11H2,1-2H3/t14-/m0/s1. The van der Waals surface area contributed by atoms with Gasteiger partial charge in [-0.05, 0) is 38.5 Å². The first-order valence-corrected chi connectivity index (χ1v) is 8.62. The molecule has 130 valence electrons. The van der Waals surface area contributed by atoms with Crippen LogP contribution in [0.5, 0.6) is 11.5 Å². The molecule has 0 N–H and O–H groups in total. The van der Waals surface area contributed by atoms with Crippen molar-refractivity contribution in [3.8, 4) is 11.5 Å². The van der Waals surface area contributed by atoms with Gasteiger partial charge in [0.05, 0.1) is 5.56 Å². The summed E-state index contributed by atoms with van der Waals surface area (Å²) in [7, 11) is 0. The largest absolute Gasteiger partial charge is 0.486 e. The molecule has 6 heteroatoms. The Morgan fingerprint density at radius 3 is 2.72 bits per heavy atom. The van der Waals surface area contributed by atoms with E-state index >= 15 is 0 Å². The number of para-hydroxylation sites is 1. The van der Waals surface area contributed by atoms with E-state index in [2.05, 4.69) is 9.97 Å². The van der Waals surface area contributed by atoms with Crippen LogP contribution in [0.3, 0.4) is 0 Å². The minimum atomic E-state index is -0.0192. The lowest BCUT2D eigenvalue weighted by Gasteiger charge is -2.23. The van der Waals surface area contributed by atoms with Crippen molar-refractivity contribution in [2.45, 2.75) is 26.2 Å². The van der Waals surface area contributed by atoms with Crippen molar-refractivity contribution in [3.63, 3.8) is 0 Å². The molecule has 0 saturated carbocycles. The van der Waals surface area contributed by atoms with Gasteiger partial charge in [-0.1, -0.05) is 6.07 Å². The number of ether oxygens (including phenoxy) is 2. The zero-order valence-electron chi connectivity index (χ0n) is 14.5. The molecule has 4 rings (SSSR count). The van der Waals surface area contributed by atoms with Crippen LogP contribution in [0.15, 0.2) is 24.3 Å². The van der Waals surface area contributed by atoms with Crippen LogP contribution < -0.4 is 9.47 Å². The number of carbonyl (C=O) groups excluding carboxylic acids is 1. The van der Waals surface area contributed by atoms with Gasteiger partial charge in [0.2, 0.25) is 0 Å². The Balaban J connectivity index is 1.55. The van der Waals surface area contributed by atoms with Crippen molar-refractivity contribution in [2.24, 2.45) is 0 Å². The van der Waals surface area contributed by atoms with Crippen LogP contribution in [0.4, 0.5) is 0 Å². The predicted octanol–water partition coefficient (Wildman–Crippen LogP) is 2.49. The molecule has 1 aromatic heterocycles. The molecule has 0 radical (unpaired) electrons. The number of rotatable bonds is 2. The van der Waals surface area contributed by atoms with Crippen molar-refractivity contribution < 1.29 is 14.3 Å². The Morgan fingerprint density at radius 2 is 1.92 bits per heavy atom. The first-order valence-electron chi connectivity index (χ1n) is 8.62. The highest BCUT2D eigenvalue weighted by Gasteiger charge is 2.32. The van der Waals surface area contributed by atoms with Crippen LogP contribution in [0.25, 0.3) is 0 Å². The topological polar surface area (TPSA) is 64.6 Å². The van der Waals surface area contributed by atoms with Gasteiger partial charge in [0, 0.05) is 30.4 Å². The number of nitrogens with zero attached hydrogens (tertiary/aromatic N) is 3. The number of hydrogen-bond donors (Lipinski definition) is 0. The highest BCUT2D eigenvalue weighted by atomic mass is 16.6. The van der Waals surface area contributed by atoms with Gasteiger partial charge < -0.3 is 14.4 Å². The SMILES string of the molecule is Cc1cc(C)nc([C@H]2CCN(C(=O)c3cccc4c3OCCO4)C2)n1. The minimum Gasteiger partial charge on any atom is -0.486 e. The van der Waals surface area contributed by atoms with Crippen LogP contribution in [0.2, 0.25) is 0 Å². The Hall–Kier alpha value is -2.63. The molecule has 0 bridgehead atoms. The van der Waals surface area contributed by atoms with E-state index < -0.39 is 0 Å². The van der Waals surface area contributed by atoms with Crippen molar-refractivity contribution in [1.82, 2.24) is 14.9 Å². The molecule has 2 aromatic rings. The van der Waals surface area contributed by atoms with Gasteiger partial charge in [0.1, 0.15) is 19.0 Å². The Bertz CT molecular complexity index is 801. The zero-order valence-corrected chi connectivity index (χ0v) is 14.5. The maximum atomic E-state index is 13.0. The van der Waals surface area contributed by atoms with Crippen LogP contribution in [0, 0.1) is 13.8 Å². The monoisotopic (exact) mass is 339 g/mol. The number of amides is 1. The van der Waals surface area contributed by atoms with Crippen LogP contribution in [-0.4, -0.2) is 47.1 Å². The van der Waals surface area contributed by atoms with Gasteiger partial charge in [-0.3, -0.25) is 4.79 Å². The molecule has 0 aliphatic carbocycles. The van der Waals surface area contributed by atoms with E-state index in [-0.39, 0.29) is 11.8 Å². The van der Waals surface area contributed by atoms with E-state index in [1.54, 1.807) is 6.07 Å². The lowest BCUT2D eigenvalue weighted by molar-refractivity contribution is 0.0780. The summed E-state index contributed by atoms with van der Waals surface area (Å²) >= 11 is 0. The summed E-state index contributed by atoms with van der Waals surface area (Å²) in [4.78, 5) is 24.0. The second-order valence-electron chi connectivity index (χ2n) is 6.58. The third-order valence-electron chi connectivity index (χ3n) is 4.64. The molecule has 6 nitrogen and oxygen atoms in total. The summed E-state index contributed by atoms with van der Waals surface area (Å²) in [5.41, 5.74) is 2.50. The summed E-state index contributed by atoms with van der Waals surface area (Å²) in [6, 6.07) is 7.44. The Kier molecular flexibility index (Phi) is 4.03. The number of aryl methyl sites for hydroxylation is 2. The molecular formula is C19H21N3O3. The summed E-state index contributed by atoms with van der Waals surface area (Å²) in [6.07, 6.45) is 0.876. The molecule has 1 atom stereocenters. The van der Waals surface area contributed by atoms with E-state index in [0.29, 0.717) is 43.4 Å². The van der Waals surface area contributed by atoms with E-state index in [0.717, 1.165) is 23.6 Å². The van der Waals surface area contributed by atoms with Gasteiger partial charge in [-0.15, -0.1) is 0 Å². The molecule has 2 aliphatic rings. The van der Waals surface area contributed by atoms with Crippen LogP contribution in [-0.2, 0) is 0 Å². The average Bonchev–Trinajstić information content (AvgIpc) is 3.10. The Labute approximate surface area is 146 Å². The quantitative estimate of drug-likeness (QED) is 0.841. The fourth-order valence-electron chi connectivity index (χ4n) is 3.50. The summed E-state index contributed by atoms with van der Waals surface area (Å²) in [5.74, 6) is 2.20. The maximum Gasteiger partial charge on any atom is 0.257 e. The lowest BCUT2D eigenvalue weighted by Crippen LogP contribution is -2.30. The number of aromatic nitrogens is 2. The molecule has 3 heterocycles. The Morgan fingerprint density at radius 1 is 1.16 bits per heavy atom. The number of likely N-dealkylation sites (tertiary alicyclic amines) is 1. The van der Waals surface area contributed by atoms with Gasteiger partial charge in [0.15, 0.2) is 11.5 Å². The van der Waals surface area contributed by atoms with Gasteiger partial charge >= 0.3 is 0 Å². The van der Waals surface area contributed by atoms with Gasteiger partial charge in [-0.2, -0.15) is 0 Å². The van der Waals surface area contributed by atoms with E-state index in [4.69, 9.17) is 9.47 Å².